The fraction of sp³-hybridized carbons (Fsp3) is 0.625. The summed E-state index contributed by atoms with van der Waals surface area (Å²) < 4.78 is 10.9. The average molecular weight is 536 g/mol. The predicted octanol–water partition coefficient (Wildman–Crippen LogP) is 5.24. The molecule has 0 aliphatic heterocycles. The highest BCUT2D eigenvalue weighted by Gasteiger charge is 2.60. The zero-order valence-corrected chi connectivity index (χ0v) is 23.4. The summed E-state index contributed by atoms with van der Waals surface area (Å²) in [5.41, 5.74) is 2.07. The van der Waals surface area contributed by atoms with E-state index in [4.69, 9.17) is 9.47 Å². The Labute approximate surface area is 231 Å². The Bertz CT molecular complexity index is 1160. The molecule has 0 radical (unpaired) electrons. The molecule has 1 N–H and O–H groups in total. The van der Waals surface area contributed by atoms with Crippen molar-refractivity contribution in [2.75, 3.05) is 7.11 Å². The van der Waals surface area contributed by atoms with E-state index in [2.05, 4.69) is 19.2 Å². The molecule has 0 heterocycles. The first kappa shape index (κ1) is 27.6. The molecule has 7 heteroatoms. The number of hydrogen-bond acceptors (Lipinski definition) is 6. The summed E-state index contributed by atoms with van der Waals surface area (Å²) in [7, 11) is 1.28. The van der Waals surface area contributed by atoms with E-state index in [0.29, 0.717) is 29.7 Å². The first-order chi connectivity index (χ1) is 18.7. The van der Waals surface area contributed by atoms with E-state index in [-0.39, 0.29) is 41.5 Å². The Balaban J connectivity index is 1.17. The molecule has 7 nitrogen and oxygen atoms in total. The number of carbonyl (C=O) groups excluding carboxylic acids is 4. The lowest BCUT2D eigenvalue weighted by Gasteiger charge is -2.57. The summed E-state index contributed by atoms with van der Waals surface area (Å²) in [5, 5.41) is 2.70. The molecule has 4 aliphatic carbocycles. The van der Waals surface area contributed by atoms with Crippen molar-refractivity contribution in [3.8, 4) is 0 Å². The van der Waals surface area contributed by atoms with E-state index in [0.717, 1.165) is 44.9 Å². The number of esters is 2. The van der Waals surface area contributed by atoms with Gasteiger partial charge in [0.2, 0.25) is 5.91 Å². The average Bonchev–Trinajstić information content (AvgIpc) is 3.26. The van der Waals surface area contributed by atoms with Crippen LogP contribution < -0.4 is 5.32 Å². The molecule has 1 aromatic carbocycles. The molecule has 5 rings (SSSR count). The Morgan fingerprint density at radius 1 is 0.974 bits per heavy atom. The number of ketones is 1. The summed E-state index contributed by atoms with van der Waals surface area (Å²) >= 11 is 0. The topological polar surface area (TPSA) is 98.8 Å². The number of benzene rings is 1. The standard InChI is InChI=1S/C32H41NO6/c1-31-17-15-22(34)19-21(31)9-10-23-24-11-12-26(32(24,2)18-16-25(23)31)39-28(36)14-13-27(35)33-29(30(37)38-3)20-7-5-4-6-8-20/h4-8,19,23-26,29H,9-18H2,1-3H3,(H,33,35)/t23-,24-,25-,26+,29-,31-,32-/m0/s1. The molecule has 0 unspecified atom stereocenters. The third-order valence-corrected chi connectivity index (χ3v) is 10.6. The van der Waals surface area contributed by atoms with Gasteiger partial charge in [0.25, 0.3) is 0 Å². The molecular weight excluding hydrogens is 494 g/mol. The number of allylic oxidation sites excluding steroid dienone is 1. The number of ether oxygens (including phenoxy) is 2. The maximum atomic E-state index is 12.9. The number of methoxy groups -OCH3 is 1. The van der Waals surface area contributed by atoms with Crippen LogP contribution in [0.3, 0.4) is 0 Å². The highest BCUT2D eigenvalue weighted by atomic mass is 16.5. The van der Waals surface area contributed by atoms with Gasteiger partial charge in [-0.15, -0.1) is 0 Å². The van der Waals surface area contributed by atoms with Gasteiger partial charge >= 0.3 is 11.9 Å². The largest absolute Gasteiger partial charge is 0.467 e. The number of nitrogens with one attached hydrogen (secondary N) is 1. The number of fused-ring (bicyclic) bond motifs is 5. The van der Waals surface area contributed by atoms with Crippen LogP contribution in [0.2, 0.25) is 0 Å². The molecule has 3 saturated carbocycles. The van der Waals surface area contributed by atoms with E-state index >= 15 is 0 Å². The number of rotatable bonds is 7. The van der Waals surface area contributed by atoms with Gasteiger partial charge in [0.05, 0.1) is 13.5 Å². The quantitative estimate of drug-likeness (QED) is 0.480. The van der Waals surface area contributed by atoms with Crippen LogP contribution in [-0.4, -0.2) is 36.8 Å². The van der Waals surface area contributed by atoms with Crippen LogP contribution in [0.4, 0.5) is 0 Å². The third-order valence-electron chi connectivity index (χ3n) is 10.6. The van der Waals surface area contributed by atoms with E-state index in [9.17, 15) is 19.2 Å². The number of carbonyl (C=O) groups is 4. The zero-order valence-electron chi connectivity index (χ0n) is 23.4. The van der Waals surface area contributed by atoms with Gasteiger partial charge in [-0.05, 0) is 79.8 Å². The van der Waals surface area contributed by atoms with Crippen molar-refractivity contribution in [2.24, 2.45) is 28.6 Å². The number of hydrogen-bond donors (Lipinski definition) is 1. The minimum absolute atomic E-state index is 0.0297. The van der Waals surface area contributed by atoms with Crippen LogP contribution in [0.1, 0.15) is 89.7 Å². The summed E-state index contributed by atoms with van der Waals surface area (Å²) in [6.45, 7) is 4.68. The van der Waals surface area contributed by atoms with Crippen molar-refractivity contribution >= 4 is 23.6 Å². The van der Waals surface area contributed by atoms with E-state index in [1.54, 1.807) is 24.3 Å². The molecule has 3 fully saturated rings. The summed E-state index contributed by atoms with van der Waals surface area (Å²) in [4.78, 5) is 49.9. The lowest BCUT2D eigenvalue weighted by Crippen LogP contribution is -2.51. The fourth-order valence-corrected chi connectivity index (χ4v) is 8.41. The summed E-state index contributed by atoms with van der Waals surface area (Å²) in [6, 6.07) is 7.99. The van der Waals surface area contributed by atoms with Crippen LogP contribution in [0.25, 0.3) is 0 Å². The molecule has 0 aromatic heterocycles. The lowest BCUT2D eigenvalue weighted by atomic mass is 9.47. The van der Waals surface area contributed by atoms with E-state index in [1.165, 1.54) is 12.7 Å². The van der Waals surface area contributed by atoms with Gasteiger partial charge in [-0.25, -0.2) is 4.79 Å². The first-order valence-electron chi connectivity index (χ1n) is 14.5. The monoisotopic (exact) mass is 535 g/mol. The molecule has 0 bridgehead atoms. The maximum Gasteiger partial charge on any atom is 0.333 e. The van der Waals surface area contributed by atoms with Gasteiger partial charge in [-0.2, -0.15) is 0 Å². The highest BCUT2D eigenvalue weighted by molar-refractivity contribution is 5.91. The SMILES string of the molecule is COC(=O)[C@@H](NC(=O)CCC(=O)O[C@@H]1CC[C@H]2[C@@H]3CCC4=CC(=O)CC[C@]4(C)[C@H]3CC[C@]12C)c1ccccc1. The Morgan fingerprint density at radius 2 is 1.74 bits per heavy atom. The Hall–Kier alpha value is -2.96. The second kappa shape index (κ2) is 10.9. The zero-order chi connectivity index (χ0) is 27.8. The van der Waals surface area contributed by atoms with Gasteiger partial charge < -0.3 is 14.8 Å². The molecule has 0 saturated heterocycles. The summed E-state index contributed by atoms with van der Waals surface area (Å²) in [5.74, 6) is 0.671. The molecule has 1 amide bonds. The minimum Gasteiger partial charge on any atom is -0.467 e. The minimum atomic E-state index is -0.917. The van der Waals surface area contributed by atoms with Crippen LogP contribution in [0.15, 0.2) is 42.0 Å². The van der Waals surface area contributed by atoms with Crippen molar-refractivity contribution in [1.82, 2.24) is 5.32 Å². The third kappa shape index (κ3) is 5.17. The lowest BCUT2D eigenvalue weighted by molar-refractivity contribution is -0.160. The van der Waals surface area contributed by atoms with Crippen LogP contribution >= 0.6 is 0 Å². The van der Waals surface area contributed by atoms with Gasteiger partial charge in [-0.1, -0.05) is 49.8 Å². The maximum absolute atomic E-state index is 12.9. The second-order valence-electron chi connectivity index (χ2n) is 12.5. The molecule has 4 aliphatic rings. The fourth-order valence-electron chi connectivity index (χ4n) is 8.41. The smallest absolute Gasteiger partial charge is 0.333 e. The van der Waals surface area contributed by atoms with Crippen LogP contribution in [0.5, 0.6) is 0 Å². The molecule has 7 atom stereocenters. The van der Waals surface area contributed by atoms with Gasteiger partial charge in [-0.3, -0.25) is 14.4 Å². The van der Waals surface area contributed by atoms with Gasteiger partial charge in [0.1, 0.15) is 6.10 Å². The highest BCUT2D eigenvalue weighted by Crippen LogP contribution is 2.65. The Morgan fingerprint density at radius 3 is 2.49 bits per heavy atom. The van der Waals surface area contributed by atoms with Gasteiger partial charge in [0.15, 0.2) is 11.8 Å². The van der Waals surface area contributed by atoms with Crippen molar-refractivity contribution in [1.29, 1.82) is 0 Å². The molecule has 1 aromatic rings. The van der Waals surface area contributed by atoms with Crippen molar-refractivity contribution in [2.45, 2.75) is 90.2 Å². The molecule has 210 valence electrons. The van der Waals surface area contributed by atoms with Crippen molar-refractivity contribution in [3.63, 3.8) is 0 Å². The van der Waals surface area contributed by atoms with E-state index < -0.39 is 17.9 Å². The summed E-state index contributed by atoms with van der Waals surface area (Å²) in [6.07, 6.45) is 9.50. The number of amides is 1. The van der Waals surface area contributed by atoms with Crippen molar-refractivity contribution < 1.29 is 28.7 Å². The van der Waals surface area contributed by atoms with Crippen molar-refractivity contribution in [3.05, 3.63) is 47.5 Å². The molecule has 0 spiro atoms. The molecule has 39 heavy (non-hydrogen) atoms. The normalized spacial score (nSPS) is 34.0. The van der Waals surface area contributed by atoms with E-state index in [1.807, 2.05) is 12.1 Å². The Kier molecular flexibility index (Phi) is 7.71. The van der Waals surface area contributed by atoms with Crippen LogP contribution in [0, 0.1) is 28.6 Å². The molecular formula is C32H41NO6. The first-order valence-corrected chi connectivity index (χ1v) is 14.5. The predicted molar refractivity (Wildman–Crippen MR) is 145 cm³/mol. The second-order valence-corrected chi connectivity index (χ2v) is 12.5. The van der Waals surface area contributed by atoms with Crippen LogP contribution in [-0.2, 0) is 28.7 Å². The van der Waals surface area contributed by atoms with Gasteiger partial charge in [0, 0.05) is 18.3 Å².